The molecular formula is C34H49N3O9. The molecule has 0 radical (unpaired) electrons. The van der Waals surface area contributed by atoms with Crippen LogP contribution in [0.3, 0.4) is 0 Å². The summed E-state index contributed by atoms with van der Waals surface area (Å²) in [5.41, 5.74) is 5.51. The van der Waals surface area contributed by atoms with Crippen molar-refractivity contribution in [3.05, 3.63) is 71.3 Å². The predicted molar refractivity (Wildman–Crippen MR) is 172 cm³/mol. The molecule has 0 fully saturated rings. The maximum Gasteiger partial charge on any atom is 0.354 e. The molecule has 0 unspecified atom stereocenters. The van der Waals surface area contributed by atoms with Crippen LogP contribution >= 0.6 is 0 Å². The molecule has 12 heteroatoms. The van der Waals surface area contributed by atoms with Crippen LogP contribution in [0.5, 0.6) is 0 Å². The summed E-state index contributed by atoms with van der Waals surface area (Å²) in [4.78, 5) is 54.5. The lowest BCUT2D eigenvalue weighted by atomic mass is 10.0. The van der Waals surface area contributed by atoms with Gasteiger partial charge in [0.15, 0.2) is 0 Å². The van der Waals surface area contributed by atoms with Crippen molar-refractivity contribution in [1.82, 2.24) is 16.1 Å². The number of hydrogen-bond acceptors (Lipinski definition) is 9. The molecule has 2 aromatic carbocycles. The van der Waals surface area contributed by atoms with Crippen molar-refractivity contribution in [2.75, 3.05) is 60.4 Å². The summed E-state index contributed by atoms with van der Waals surface area (Å²) in [5.74, 6) is -2.07. The first-order chi connectivity index (χ1) is 22.4. The second-order valence-corrected chi connectivity index (χ2v) is 10.7. The Bertz CT molecular complexity index is 1150. The largest absolute Gasteiger partial charge is 0.382 e. The minimum absolute atomic E-state index is 0.0286. The van der Waals surface area contributed by atoms with Gasteiger partial charge in [0.05, 0.1) is 32.8 Å². The van der Waals surface area contributed by atoms with Crippen LogP contribution in [-0.2, 0) is 62.2 Å². The summed E-state index contributed by atoms with van der Waals surface area (Å²) in [5, 5.41) is 5.32. The zero-order valence-electron chi connectivity index (χ0n) is 27.1. The molecule has 0 bridgehead atoms. The van der Waals surface area contributed by atoms with Gasteiger partial charge in [-0.15, -0.1) is 0 Å². The van der Waals surface area contributed by atoms with Crippen molar-refractivity contribution in [3.63, 3.8) is 0 Å². The highest BCUT2D eigenvalue weighted by Gasteiger charge is 2.23. The van der Waals surface area contributed by atoms with Gasteiger partial charge in [-0.05, 0) is 61.6 Å². The summed E-state index contributed by atoms with van der Waals surface area (Å²) in [6.07, 6.45) is 5.47. The maximum absolute atomic E-state index is 12.8. The van der Waals surface area contributed by atoms with E-state index in [0.29, 0.717) is 39.2 Å². The third kappa shape index (κ3) is 18.2. The number of hydrogen-bond donors (Lipinski definition) is 3. The Kier molecular flexibility index (Phi) is 20.3. The smallest absolute Gasteiger partial charge is 0.354 e. The molecule has 0 heterocycles. The van der Waals surface area contributed by atoms with Gasteiger partial charge in [-0.1, -0.05) is 54.6 Å². The second kappa shape index (κ2) is 24.4. The van der Waals surface area contributed by atoms with Crippen LogP contribution in [0.15, 0.2) is 54.6 Å². The van der Waals surface area contributed by atoms with Gasteiger partial charge in [0, 0.05) is 20.8 Å². The molecule has 0 saturated heterocycles. The minimum Gasteiger partial charge on any atom is -0.382 e. The molecule has 3 amide bonds. The molecule has 0 aliphatic heterocycles. The quantitative estimate of drug-likeness (QED) is 0.116. The topological polar surface area (TPSA) is 151 Å². The van der Waals surface area contributed by atoms with Crippen molar-refractivity contribution >= 4 is 23.7 Å². The van der Waals surface area contributed by atoms with E-state index in [2.05, 4.69) is 40.4 Å². The van der Waals surface area contributed by atoms with Gasteiger partial charge >= 0.3 is 5.97 Å². The number of hydroxylamine groups is 1. The summed E-state index contributed by atoms with van der Waals surface area (Å²) < 4.78 is 20.2. The van der Waals surface area contributed by atoms with E-state index >= 15 is 0 Å². The van der Waals surface area contributed by atoms with Crippen LogP contribution in [0.4, 0.5) is 0 Å². The summed E-state index contributed by atoms with van der Waals surface area (Å²) in [6, 6.07) is 17.2. The molecule has 0 aromatic heterocycles. The predicted octanol–water partition coefficient (Wildman–Crippen LogP) is 2.47. The Morgan fingerprint density at radius 2 is 1.24 bits per heavy atom. The van der Waals surface area contributed by atoms with Crippen molar-refractivity contribution in [2.45, 2.75) is 57.4 Å². The lowest BCUT2D eigenvalue weighted by Gasteiger charge is -2.17. The van der Waals surface area contributed by atoms with Gasteiger partial charge in [-0.2, -0.15) is 5.48 Å². The number of ether oxygens (including phenoxy) is 4. The van der Waals surface area contributed by atoms with E-state index in [1.807, 2.05) is 30.3 Å². The van der Waals surface area contributed by atoms with Crippen LogP contribution < -0.4 is 16.1 Å². The zero-order chi connectivity index (χ0) is 33.2. The van der Waals surface area contributed by atoms with Gasteiger partial charge in [0.2, 0.25) is 11.8 Å². The van der Waals surface area contributed by atoms with E-state index in [1.165, 1.54) is 18.2 Å². The lowest BCUT2D eigenvalue weighted by Crippen LogP contribution is -2.45. The lowest BCUT2D eigenvalue weighted by molar-refractivity contribution is -0.161. The van der Waals surface area contributed by atoms with Crippen LogP contribution in [-0.4, -0.2) is 90.1 Å². The summed E-state index contributed by atoms with van der Waals surface area (Å²) >= 11 is 0. The molecule has 0 aliphatic rings. The van der Waals surface area contributed by atoms with Gasteiger partial charge in [0.25, 0.3) is 5.91 Å². The molecule has 0 saturated carbocycles. The molecule has 46 heavy (non-hydrogen) atoms. The summed E-state index contributed by atoms with van der Waals surface area (Å²) in [6.45, 7) is 1.30. The fourth-order valence-electron chi connectivity index (χ4n) is 4.38. The number of nitrogens with one attached hydrogen (secondary N) is 3. The molecule has 0 aliphatic carbocycles. The third-order valence-electron chi connectivity index (χ3n) is 6.87. The van der Waals surface area contributed by atoms with Gasteiger partial charge in [-0.25, -0.2) is 4.79 Å². The molecule has 1 atom stereocenters. The third-order valence-corrected chi connectivity index (χ3v) is 6.87. The second-order valence-electron chi connectivity index (χ2n) is 10.7. The Labute approximate surface area is 271 Å². The van der Waals surface area contributed by atoms with E-state index in [0.717, 1.165) is 31.2 Å². The van der Waals surface area contributed by atoms with Crippen molar-refractivity contribution < 1.29 is 43.0 Å². The normalized spacial score (nSPS) is 11.4. The number of rotatable bonds is 24. The van der Waals surface area contributed by atoms with E-state index < -0.39 is 23.8 Å². The number of unbranched alkanes of at least 4 members (excludes halogenated alkanes) is 2. The Hall–Kier alpha value is -3.84. The molecule has 3 N–H and O–H groups in total. The number of methoxy groups -OCH3 is 2. The molecule has 0 spiro atoms. The standard InChI is InChI=1S/C34H49N3O9/c1-42-20-22-44-25-32(39)35-19-9-8-14-30(36-33(40)26-45-23-21-43-2)34(41)46-37-31(38)24-29-17-15-28(16-18-29)13-7-6-12-27-10-4-3-5-11-27/h3-5,10-11,15-18,30H,6-9,12-14,19-26H2,1-2H3,(H,35,39)(H,36,40)(H,37,38)/t30-/m0/s1. The fourth-order valence-corrected chi connectivity index (χ4v) is 4.38. The Morgan fingerprint density at radius 3 is 1.87 bits per heavy atom. The minimum atomic E-state index is -1.02. The van der Waals surface area contributed by atoms with Gasteiger partial charge in [0.1, 0.15) is 19.3 Å². The van der Waals surface area contributed by atoms with Gasteiger partial charge in [-0.3, -0.25) is 14.4 Å². The van der Waals surface area contributed by atoms with Crippen LogP contribution in [0, 0.1) is 0 Å². The highest BCUT2D eigenvalue weighted by Crippen LogP contribution is 2.11. The average molecular weight is 644 g/mol. The van der Waals surface area contributed by atoms with Crippen LogP contribution in [0.2, 0.25) is 0 Å². The maximum atomic E-state index is 12.8. The van der Waals surface area contributed by atoms with Crippen molar-refractivity contribution in [2.24, 2.45) is 0 Å². The highest BCUT2D eigenvalue weighted by atomic mass is 16.7. The highest BCUT2D eigenvalue weighted by molar-refractivity contribution is 5.86. The summed E-state index contributed by atoms with van der Waals surface area (Å²) in [7, 11) is 3.07. The number of benzene rings is 2. The van der Waals surface area contributed by atoms with Crippen molar-refractivity contribution in [1.29, 1.82) is 0 Å². The average Bonchev–Trinajstić information content (AvgIpc) is 3.06. The molecule has 2 aromatic rings. The van der Waals surface area contributed by atoms with E-state index in [-0.39, 0.29) is 38.6 Å². The van der Waals surface area contributed by atoms with Gasteiger partial charge < -0.3 is 34.4 Å². The Morgan fingerprint density at radius 1 is 0.652 bits per heavy atom. The van der Waals surface area contributed by atoms with E-state index in [4.69, 9.17) is 23.8 Å². The van der Waals surface area contributed by atoms with Crippen LogP contribution in [0.25, 0.3) is 0 Å². The first-order valence-corrected chi connectivity index (χ1v) is 15.7. The molecular weight excluding hydrogens is 594 g/mol. The first-order valence-electron chi connectivity index (χ1n) is 15.7. The molecule has 12 nitrogen and oxygen atoms in total. The SMILES string of the molecule is COCCOCC(=O)NCCCC[C@H](NC(=O)COCCOC)C(=O)ONC(=O)Cc1ccc(CCCCc2ccccc2)cc1. The first kappa shape index (κ1) is 38.3. The van der Waals surface area contributed by atoms with Crippen molar-refractivity contribution in [3.8, 4) is 0 Å². The number of carbonyl (C=O) groups is 4. The monoisotopic (exact) mass is 643 g/mol. The molecule has 2 rings (SSSR count). The fraction of sp³-hybridized carbons (Fsp3) is 0.529. The van der Waals surface area contributed by atoms with E-state index in [9.17, 15) is 19.2 Å². The number of amides is 3. The molecule has 254 valence electrons. The van der Waals surface area contributed by atoms with Crippen LogP contribution in [0.1, 0.15) is 48.8 Å². The number of carbonyl (C=O) groups excluding carboxylic acids is 4. The number of aryl methyl sites for hydroxylation is 2. The van der Waals surface area contributed by atoms with E-state index in [1.54, 1.807) is 7.11 Å². The zero-order valence-corrected chi connectivity index (χ0v) is 27.1. The Balaban J connectivity index is 1.75.